The second-order valence-corrected chi connectivity index (χ2v) is 7.37. The van der Waals surface area contributed by atoms with Crippen LogP contribution >= 0.6 is 0 Å². The highest BCUT2D eigenvalue weighted by atomic mass is 16.5. The van der Waals surface area contributed by atoms with Crippen LogP contribution in [0, 0.1) is 0 Å². The van der Waals surface area contributed by atoms with E-state index < -0.39 is 17.9 Å². The quantitative estimate of drug-likeness (QED) is 0.666. The molecule has 0 aliphatic carbocycles. The summed E-state index contributed by atoms with van der Waals surface area (Å²) in [6, 6.07) is 13.4. The monoisotopic (exact) mass is 383 g/mol. The molecule has 0 bridgehead atoms. The van der Waals surface area contributed by atoms with E-state index in [-0.39, 0.29) is 18.6 Å². The van der Waals surface area contributed by atoms with Crippen molar-refractivity contribution in [3.8, 4) is 0 Å². The molecule has 2 aromatic rings. The average molecular weight is 383 g/mol. The largest absolute Gasteiger partial charge is 0.452 e. The lowest BCUT2D eigenvalue weighted by molar-refractivity contribution is -0.119. The second kappa shape index (κ2) is 9.03. The Morgan fingerprint density at radius 3 is 2.11 bits per heavy atom. The number of hydrogen-bond donors (Lipinski definition) is 3. The Hall–Kier alpha value is -3.35. The minimum absolute atomic E-state index is 0.0313. The molecule has 7 nitrogen and oxygen atoms in total. The van der Waals surface area contributed by atoms with Gasteiger partial charge in [-0.05, 0) is 40.8 Å². The fourth-order valence-corrected chi connectivity index (χ4v) is 2.41. The summed E-state index contributed by atoms with van der Waals surface area (Å²) in [5, 5.41) is 5.15. The summed E-state index contributed by atoms with van der Waals surface area (Å²) in [5.41, 5.74) is 7.93. The third-order valence-corrected chi connectivity index (χ3v) is 4.03. The van der Waals surface area contributed by atoms with E-state index in [1.54, 1.807) is 24.3 Å². The standard InChI is InChI=1S/C21H25N3O4/c1-21(2,3)16-8-10-17(11-9-16)24-18(25)13-28-19(26)15-6-4-14(5-7-15)12-23-20(22)27/h4-11H,12-13H2,1-3H3,(H,24,25)(H3,22,23,27). The number of amides is 3. The van der Waals surface area contributed by atoms with E-state index in [0.717, 1.165) is 11.1 Å². The molecule has 0 fully saturated rings. The van der Waals surface area contributed by atoms with Gasteiger partial charge < -0.3 is 21.1 Å². The molecule has 0 heterocycles. The van der Waals surface area contributed by atoms with Gasteiger partial charge in [0, 0.05) is 12.2 Å². The number of primary amides is 1. The average Bonchev–Trinajstić information content (AvgIpc) is 2.64. The molecule has 0 aromatic heterocycles. The van der Waals surface area contributed by atoms with Crippen LogP contribution in [0.15, 0.2) is 48.5 Å². The minimum atomic E-state index is -0.623. The maximum absolute atomic E-state index is 12.0. The number of ether oxygens (including phenoxy) is 1. The highest BCUT2D eigenvalue weighted by Crippen LogP contribution is 2.23. The molecule has 148 valence electrons. The Labute approximate surface area is 164 Å². The highest BCUT2D eigenvalue weighted by Gasteiger charge is 2.14. The molecule has 3 amide bonds. The number of hydrogen-bond acceptors (Lipinski definition) is 4. The van der Waals surface area contributed by atoms with Crippen LogP contribution in [-0.4, -0.2) is 24.5 Å². The molecule has 7 heteroatoms. The molecule has 0 radical (unpaired) electrons. The van der Waals surface area contributed by atoms with E-state index in [1.807, 2.05) is 24.3 Å². The fourth-order valence-electron chi connectivity index (χ4n) is 2.41. The second-order valence-electron chi connectivity index (χ2n) is 7.37. The van der Waals surface area contributed by atoms with Gasteiger partial charge in [-0.15, -0.1) is 0 Å². The number of carbonyl (C=O) groups excluding carboxylic acids is 3. The predicted octanol–water partition coefficient (Wildman–Crippen LogP) is 2.95. The van der Waals surface area contributed by atoms with Crippen molar-refractivity contribution in [2.24, 2.45) is 5.73 Å². The van der Waals surface area contributed by atoms with Crippen LogP contribution in [-0.2, 0) is 21.5 Å². The Bertz CT molecular complexity index is 837. The van der Waals surface area contributed by atoms with Gasteiger partial charge in [0.1, 0.15) is 0 Å². The maximum atomic E-state index is 12.0. The molecule has 4 N–H and O–H groups in total. The van der Waals surface area contributed by atoms with Crippen molar-refractivity contribution in [2.75, 3.05) is 11.9 Å². The number of urea groups is 1. The predicted molar refractivity (Wildman–Crippen MR) is 107 cm³/mol. The zero-order valence-corrected chi connectivity index (χ0v) is 16.2. The van der Waals surface area contributed by atoms with Crippen molar-refractivity contribution < 1.29 is 19.1 Å². The summed E-state index contributed by atoms with van der Waals surface area (Å²) in [6.07, 6.45) is 0. The van der Waals surface area contributed by atoms with Crippen molar-refractivity contribution in [1.29, 1.82) is 0 Å². The molecule has 0 unspecified atom stereocenters. The molecule has 0 aliphatic heterocycles. The molecule has 0 spiro atoms. The lowest BCUT2D eigenvalue weighted by atomic mass is 9.87. The van der Waals surface area contributed by atoms with Gasteiger partial charge in [-0.1, -0.05) is 45.0 Å². The smallest absolute Gasteiger partial charge is 0.338 e. The van der Waals surface area contributed by atoms with Gasteiger partial charge in [-0.25, -0.2) is 9.59 Å². The van der Waals surface area contributed by atoms with E-state index in [0.29, 0.717) is 11.3 Å². The normalized spacial score (nSPS) is 10.8. The fraction of sp³-hybridized carbons (Fsp3) is 0.286. The lowest BCUT2D eigenvalue weighted by Gasteiger charge is -2.19. The third kappa shape index (κ3) is 6.42. The zero-order valence-electron chi connectivity index (χ0n) is 16.2. The summed E-state index contributed by atoms with van der Waals surface area (Å²) < 4.78 is 5.04. The Balaban J connectivity index is 1.83. The Morgan fingerprint density at radius 2 is 1.57 bits per heavy atom. The van der Waals surface area contributed by atoms with Crippen molar-refractivity contribution in [3.05, 3.63) is 65.2 Å². The maximum Gasteiger partial charge on any atom is 0.338 e. The van der Waals surface area contributed by atoms with Crippen molar-refractivity contribution in [2.45, 2.75) is 32.7 Å². The van der Waals surface area contributed by atoms with Gasteiger partial charge in [0.15, 0.2) is 6.61 Å². The first-order valence-electron chi connectivity index (χ1n) is 8.85. The molecule has 0 atom stereocenters. The first-order chi connectivity index (χ1) is 13.1. The third-order valence-electron chi connectivity index (χ3n) is 4.03. The van der Waals surface area contributed by atoms with Crippen LogP contribution in [0.2, 0.25) is 0 Å². The molecular weight excluding hydrogens is 358 g/mol. The van der Waals surface area contributed by atoms with Crippen LogP contribution in [0.1, 0.15) is 42.3 Å². The van der Waals surface area contributed by atoms with Gasteiger partial charge in [-0.2, -0.15) is 0 Å². The van der Waals surface area contributed by atoms with E-state index in [1.165, 1.54) is 0 Å². The number of esters is 1. The topological polar surface area (TPSA) is 111 Å². The zero-order chi connectivity index (χ0) is 20.7. The van der Waals surface area contributed by atoms with Crippen molar-refractivity contribution >= 4 is 23.6 Å². The number of nitrogens with one attached hydrogen (secondary N) is 2. The number of anilines is 1. The van der Waals surface area contributed by atoms with Crippen LogP contribution in [0.25, 0.3) is 0 Å². The van der Waals surface area contributed by atoms with Crippen LogP contribution < -0.4 is 16.4 Å². The first-order valence-corrected chi connectivity index (χ1v) is 8.85. The molecule has 0 saturated carbocycles. The van der Waals surface area contributed by atoms with Crippen molar-refractivity contribution in [3.63, 3.8) is 0 Å². The van der Waals surface area contributed by atoms with E-state index in [9.17, 15) is 14.4 Å². The molecule has 2 rings (SSSR count). The van der Waals surface area contributed by atoms with Crippen LogP contribution in [0.5, 0.6) is 0 Å². The van der Waals surface area contributed by atoms with Gasteiger partial charge in [0.25, 0.3) is 5.91 Å². The summed E-state index contributed by atoms with van der Waals surface area (Å²) in [5.74, 6) is -1.02. The molecule has 0 aliphatic rings. The molecule has 28 heavy (non-hydrogen) atoms. The number of nitrogens with two attached hydrogens (primary N) is 1. The number of rotatable bonds is 6. The SMILES string of the molecule is CC(C)(C)c1ccc(NC(=O)COC(=O)c2ccc(CNC(N)=O)cc2)cc1. The number of benzene rings is 2. The lowest BCUT2D eigenvalue weighted by Crippen LogP contribution is -2.28. The van der Waals surface area contributed by atoms with Crippen LogP contribution in [0.4, 0.5) is 10.5 Å². The minimum Gasteiger partial charge on any atom is -0.452 e. The first kappa shape index (κ1) is 21.0. The van der Waals surface area contributed by atoms with E-state index in [2.05, 4.69) is 31.4 Å². The van der Waals surface area contributed by atoms with E-state index >= 15 is 0 Å². The van der Waals surface area contributed by atoms with E-state index in [4.69, 9.17) is 10.5 Å². The summed E-state index contributed by atoms with van der Waals surface area (Å²) >= 11 is 0. The summed E-state index contributed by atoms with van der Waals surface area (Å²) in [7, 11) is 0. The number of carbonyl (C=O) groups is 3. The molecule has 0 saturated heterocycles. The van der Waals surface area contributed by atoms with Gasteiger partial charge in [0.2, 0.25) is 0 Å². The Morgan fingerprint density at radius 1 is 0.964 bits per heavy atom. The molecular formula is C21H25N3O4. The molecule has 2 aromatic carbocycles. The van der Waals surface area contributed by atoms with Gasteiger partial charge >= 0.3 is 12.0 Å². The van der Waals surface area contributed by atoms with Gasteiger partial charge in [0.05, 0.1) is 5.56 Å². The summed E-state index contributed by atoms with van der Waals surface area (Å²) in [6.45, 7) is 6.22. The summed E-state index contributed by atoms with van der Waals surface area (Å²) in [4.78, 5) is 34.7. The highest BCUT2D eigenvalue weighted by molar-refractivity contribution is 5.95. The van der Waals surface area contributed by atoms with Crippen LogP contribution in [0.3, 0.4) is 0 Å². The Kier molecular flexibility index (Phi) is 6.76. The van der Waals surface area contributed by atoms with Gasteiger partial charge in [-0.3, -0.25) is 4.79 Å². The van der Waals surface area contributed by atoms with Crippen molar-refractivity contribution in [1.82, 2.24) is 5.32 Å².